The Balaban J connectivity index is 1.90. The van der Waals surface area contributed by atoms with Crippen molar-refractivity contribution in [3.05, 3.63) is 0 Å². The lowest BCUT2D eigenvalue weighted by Crippen LogP contribution is -2.40. The molecule has 0 aromatic rings. The lowest BCUT2D eigenvalue weighted by molar-refractivity contribution is 0.0600. The molecule has 0 aliphatic heterocycles. The van der Waals surface area contributed by atoms with Crippen LogP contribution in [0.3, 0.4) is 0 Å². The molecule has 0 saturated heterocycles. The van der Waals surface area contributed by atoms with Crippen molar-refractivity contribution in [2.75, 3.05) is 0 Å². The SMILES string of the molecule is BC1(C2C(C(C)CCCC)CCCC3CCCCCCC32)CCCCCCC1. The van der Waals surface area contributed by atoms with E-state index in [1.807, 2.05) is 0 Å². The van der Waals surface area contributed by atoms with Crippen LogP contribution in [0.5, 0.6) is 0 Å². The van der Waals surface area contributed by atoms with Crippen molar-refractivity contribution in [2.45, 2.75) is 141 Å². The highest BCUT2D eigenvalue weighted by atomic mass is 14.5. The highest BCUT2D eigenvalue weighted by Gasteiger charge is 2.47. The Morgan fingerprint density at radius 3 is 2.11 bits per heavy atom. The Kier molecular flexibility index (Phi) is 9.30. The second-order valence-corrected chi connectivity index (χ2v) is 11.6. The average molecular weight is 387 g/mol. The van der Waals surface area contributed by atoms with E-state index in [1.54, 1.807) is 25.7 Å². The average Bonchev–Trinajstić information content (AvgIpc) is 2.82. The monoisotopic (exact) mass is 386 g/mol. The first-order valence-corrected chi connectivity index (χ1v) is 13.7. The molecule has 0 aromatic heterocycles. The topological polar surface area (TPSA) is 0 Å². The van der Waals surface area contributed by atoms with E-state index in [0.29, 0.717) is 5.31 Å². The fourth-order valence-electron chi connectivity index (χ4n) is 7.99. The molecule has 3 rings (SSSR count). The maximum Gasteiger partial charge on any atom is 0.109 e. The lowest BCUT2D eigenvalue weighted by atomic mass is 9.47. The van der Waals surface area contributed by atoms with E-state index in [4.69, 9.17) is 0 Å². The minimum absolute atomic E-state index is 0.637. The van der Waals surface area contributed by atoms with Crippen molar-refractivity contribution in [1.29, 1.82) is 0 Å². The van der Waals surface area contributed by atoms with Gasteiger partial charge in [-0.1, -0.05) is 128 Å². The molecule has 3 fully saturated rings. The molecule has 3 aliphatic rings. The molecule has 0 bridgehead atoms. The van der Waals surface area contributed by atoms with E-state index >= 15 is 0 Å². The summed E-state index contributed by atoms with van der Waals surface area (Å²) in [5, 5.41) is 0.637. The smallest absolute Gasteiger partial charge is 0.0654 e. The van der Waals surface area contributed by atoms with Gasteiger partial charge in [0.25, 0.3) is 0 Å². The Labute approximate surface area is 178 Å². The van der Waals surface area contributed by atoms with Crippen LogP contribution in [-0.4, -0.2) is 7.85 Å². The zero-order chi connectivity index (χ0) is 19.8. The molecular weight excluding hydrogens is 335 g/mol. The fraction of sp³-hybridized carbons (Fsp3) is 1.00. The lowest BCUT2D eigenvalue weighted by Gasteiger charge is -2.50. The van der Waals surface area contributed by atoms with Gasteiger partial charge in [-0.25, -0.2) is 0 Å². The Morgan fingerprint density at radius 2 is 1.39 bits per heavy atom. The first-order valence-electron chi connectivity index (χ1n) is 13.7. The number of rotatable bonds is 5. The van der Waals surface area contributed by atoms with Crippen LogP contribution in [-0.2, 0) is 0 Å². The summed E-state index contributed by atoms with van der Waals surface area (Å²) in [6.45, 7) is 5.04. The Morgan fingerprint density at radius 1 is 0.786 bits per heavy atom. The third kappa shape index (κ3) is 5.82. The van der Waals surface area contributed by atoms with Gasteiger partial charge in [-0.15, -0.1) is 0 Å². The number of hydrogen-bond acceptors (Lipinski definition) is 0. The minimum Gasteiger partial charge on any atom is -0.0654 e. The normalized spacial score (nSPS) is 36.1. The quantitative estimate of drug-likeness (QED) is 0.416. The molecule has 0 N–H and O–H groups in total. The predicted octanol–water partition coefficient (Wildman–Crippen LogP) is 8.35. The van der Waals surface area contributed by atoms with Crippen LogP contribution in [0.4, 0.5) is 0 Å². The molecule has 0 radical (unpaired) electrons. The molecule has 3 aliphatic carbocycles. The number of hydrogen-bond donors (Lipinski definition) is 0. The highest BCUT2D eigenvalue weighted by molar-refractivity contribution is 6.15. The minimum atomic E-state index is 0.637. The van der Waals surface area contributed by atoms with Crippen LogP contribution < -0.4 is 0 Å². The van der Waals surface area contributed by atoms with E-state index < -0.39 is 0 Å². The van der Waals surface area contributed by atoms with Crippen molar-refractivity contribution in [2.24, 2.45) is 29.6 Å². The number of fused-ring (bicyclic) bond motifs is 1. The first kappa shape index (κ1) is 22.7. The molecule has 5 unspecified atom stereocenters. The molecule has 0 amide bonds. The molecule has 162 valence electrons. The summed E-state index contributed by atoms with van der Waals surface area (Å²) in [6, 6.07) is 0. The van der Waals surface area contributed by atoms with Gasteiger partial charge in [0.15, 0.2) is 0 Å². The number of unbranched alkanes of at least 4 members (excludes halogenated alkanes) is 1. The molecule has 28 heavy (non-hydrogen) atoms. The second kappa shape index (κ2) is 11.5. The van der Waals surface area contributed by atoms with Gasteiger partial charge in [0.2, 0.25) is 0 Å². The van der Waals surface area contributed by atoms with Crippen molar-refractivity contribution >= 4 is 7.85 Å². The third-order valence-electron chi connectivity index (χ3n) is 9.55. The van der Waals surface area contributed by atoms with Crippen LogP contribution >= 0.6 is 0 Å². The predicted molar refractivity (Wildman–Crippen MR) is 128 cm³/mol. The molecular formula is C27H51B. The van der Waals surface area contributed by atoms with E-state index in [0.717, 1.165) is 29.6 Å². The van der Waals surface area contributed by atoms with Crippen LogP contribution in [0.1, 0.15) is 136 Å². The zero-order valence-corrected chi connectivity index (χ0v) is 19.8. The van der Waals surface area contributed by atoms with Gasteiger partial charge in [-0.3, -0.25) is 0 Å². The molecule has 0 heterocycles. The van der Waals surface area contributed by atoms with Gasteiger partial charge in [0.05, 0.1) is 0 Å². The van der Waals surface area contributed by atoms with Crippen molar-refractivity contribution < 1.29 is 0 Å². The van der Waals surface area contributed by atoms with E-state index in [-0.39, 0.29) is 0 Å². The Hall–Kier alpha value is 0.0649. The summed E-state index contributed by atoms with van der Waals surface area (Å²) in [4.78, 5) is 0. The first-order chi connectivity index (χ1) is 13.7. The molecule has 1 heteroatoms. The largest absolute Gasteiger partial charge is 0.109 e. The van der Waals surface area contributed by atoms with Gasteiger partial charge < -0.3 is 0 Å². The summed E-state index contributed by atoms with van der Waals surface area (Å²) in [6.07, 6.45) is 28.8. The molecule has 0 nitrogen and oxygen atoms in total. The maximum atomic E-state index is 2.78. The summed E-state index contributed by atoms with van der Waals surface area (Å²) < 4.78 is 0. The van der Waals surface area contributed by atoms with Gasteiger partial charge >= 0.3 is 0 Å². The van der Waals surface area contributed by atoms with Crippen LogP contribution in [0.25, 0.3) is 0 Å². The van der Waals surface area contributed by atoms with E-state index in [2.05, 4.69) is 21.7 Å². The van der Waals surface area contributed by atoms with Crippen LogP contribution in [0.15, 0.2) is 0 Å². The van der Waals surface area contributed by atoms with Crippen molar-refractivity contribution in [3.63, 3.8) is 0 Å². The molecule has 0 aromatic carbocycles. The molecule has 5 atom stereocenters. The van der Waals surface area contributed by atoms with Crippen LogP contribution in [0.2, 0.25) is 5.31 Å². The zero-order valence-electron chi connectivity index (χ0n) is 19.8. The van der Waals surface area contributed by atoms with Gasteiger partial charge in [-0.2, -0.15) is 0 Å². The second-order valence-electron chi connectivity index (χ2n) is 11.6. The molecule has 3 saturated carbocycles. The van der Waals surface area contributed by atoms with Gasteiger partial charge in [0, 0.05) is 0 Å². The van der Waals surface area contributed by atoms with E-state index in [1.165, 1.54) is 96.3 Å². The summed E-state index contributed by atoms with van der Waals surface area (Å²) in [5.41, 5.74) is 0. The third-order valence-corrected chi connectivity index (χ3v) is 9.55. The highest BCUT2D eigenvalue weighted by Crippen LogP contribution is 2.58. The van der Waals surface area contributed by atoms with Crippen molar-refractivity contribution in [1.82, 2.24) is 0 Å². The van der Waals surface area contributed by atoms with Gasteiger partial charge in [-0.05, 0) is 42.4 Å². The molecule has 0 spiro atoms. The summed E-state index contributed by atoms with van der Waals surface area (Å²) >= 11 is 0. The summed E-state index contributed by atoms with van der Waals surface area (Å²) in [5.74, 6) is 5.13. The van der Waals surface area contributed by atoms with Gasteiger partial charge in [0.1, 0.15) is 7.85 Å². The summed E-state index contributed by atoms with van der Waals surface area (Å²) in [7, 11) is 2.78. The van der Waals surface area contributed by atoms with Crippen LogP contribution in [0, 0.1) is 29.6 Å². The Bertz CT molecular complexity index is 422. The standard InChI is InChI=1S/C27H51B/c1-3-4-15-22(2)24-19-14-17-23-16-10-6-7-11-18-25(23)26(24)27(28)20-12-8-5-9-13-21-27/h22-26H,3-21,28H2,1-2H3. The van der Waals surface area contributed by atoms with Crippen molar-refractivity contribution in [3.8, 4) is 0 Å². The van der Waals surface area contributed by atoms with E-state index in [9.17, 15) is 0 Å². The fourth-order valence-corrected chi connectivity index (χ4v) is 7.99. The maximum absolute atomic E-state index is 2.78.